The Bertz CT molecular complexity index is 1270. The number of anilines is 1. The number of aryl methyl sites for hydroxylation is 1. The van der Waals surface area contributed by atoms with Crippen molar-refractivity contribution in [2.75, 3.05) is 12.8 Å². The number of amides is 1. The molecule has 0 spiro atoms. The van der Waals surface area contributed by atoms with E-state index in [9.17, 15) is 18.0 Å². The number of fused-ring (bicyclic) bond motifs is 3. The minimum atomic E-state index is -2.62. The van der Waals surface area contributed by atoms with Gasteiger partial charge in [0.2, 0.25) is 0 Å². The standard InChI is InChI=1S/C20H17F3N6O/c1-28(9-11-4-3-10(7-25-11)18(22)23)20(30)12-5-13-16(6-15(12)21)27-19(24)14-8-26-29(2)17(13)14/h3-8,18H,9H2,1-2H3,(H2,24,27). The Morgan fingerprint density at radius 3 is 2.67 bits per heavy atom. The molecule has 0 bridgehead atoms. The van der Waals surface area contributed by atoms with Crippen LogP contribution in [-0.2, 0) is 13.6 Å². The minimum Gasteiger partial charge on any atom is -0.383 e. The lowest BCUT2D eigenvalue weighted by Crippen LogP contribution is -2.27. The van der Waals surface area contributed by atoms with E-state index in [1.165, 1.54) is 30.1 Å². The molecule has 0 atom stereocenters. The van der Waals surface area contributed by atoms with Crippen molar-refractivity contribution in [1.82, 2.24) is 24.6 Å². The molecular formula is C20H17F3N6O. The predicted molar refractivity (Wildman–Crippen MR) is 105 cm³/mol. The maximum absolute atomic E-state index is 14.7. The molecule has 10 heteroatoms. The highest BCUT2D eigenvalue weighted by Gasteiger charge is 2.21. The number of rotatable bonds is 4. The molecule has 0 saturated heterocycles. The molecule has 0 unspecified atom stereocenters. The molecule has 4 aromatic rings. The van der Waals surface area contributed by atoms with Crippen LogP contribution in [0.2, 0.25) is 0 Å². The van der Waals surface area contributed by atoms with Crippen LogP contribution in [0, 0.1) is 5.82 Å². The van der Waals surface area contributed by atoms with Crippen molar-refractivity contribution in [1.29, 1.82) is 0 Å². The van der Waals surface area contributed by atoms with E-state index in [0.717, 1.165) is 12.3 Å². The van der Waals surface area contributed by atoms with Crippen LogP contribution in [0.4, 0.5) is 19.0 Å². The predicted octanol–water partition coefficient (Wildman–Crippen LogP) is 3.45. The second-order valence-electron chi connectivity index (χ2n) is 6.92. The zero-order chi connectivity index (χ0) is 21.6. The molecule has 3 heterocycles. The van der Waals surface area contributed by atoms with E-state index in [-0.39, 0.29) is 23.5 Å². The molecule has 0 fully saturated rings. The first-order valence-corrected chi connectivity index (χ1v) is 8.95. The Balaban J connectivity index is 1.70. The minimum absolute atomic E-state index is 0.0287. The van der Waals surface area contributed by atoms with Crippen LogP contribution < -0.4 is 5.73 Å². The van der Waals surface area contributed by atoms with E-state index in [1.54, 1.807) is 17.9 Å². The van der Waals surface area contributed by atoms with Gasteiger partial charge in [0.1, 0.15) is 11.6 Å². The van der Waals surface area contributed by atoms with Crippen LogP contribution >= 0.6 is 0 Å². The Kier molecular flexibility index (Phi) is 4.76. The average molecular weight is 414 g/mol. The van der Waals surface area contributed by atoms with Crippen molar-refractivity contribution < 1.29 is 18.0 Å². The smallest absolute Gasteiger partial charge is 0.265 e. The van der Waals surface area contributed by atoms with Gasteiger partial charge in [0.15, 0.2) is 0 Å². The highest BCUT2D eigenvalue weighted by Crippen LogP contribution is 2.29. The maximum Gasteiger partial charge on any atom is 0.265 e. The van der Waals surface area contributed by atoms with Crippen molar-refractivity contribution in [3.63, 3.8) is 0 Å². The summed E-state index contributed by atoms with van der Waals surface area (Å²) in [7, 11) is 3.20. The zero-order valence-electron chi connectivity index (χ0n) is 16.1. The van der Waals surface area contributed by atoms with Crippen molar-refractivity contribution in [3.05, 3.63) is 59.3 Å². The number of aromatic nitrogens is 4. The van der Waals surface area contributed by atoms with Crippen LogP contribution in [0.3, 0.4) is 0 Å². The first-order chi connectivity index (χ1) is 14.3. The fourth-order valence-electron chi connectivity index (χ4n) is 3.32. The van der Waals surface area contributed by atoms with Gasteiger partial charge < -0.3 is 10.6 Å². The lowest BCUT2D eigenvalue weighted by atomic mass is 10.1. The van der Waals surface area contributed by atoms with Crippen LogP contribution in [0.25, 0.3) is 21.8 Å². The van der Waals surface area contributed by atoms with E-state index in [0.29, 0.717) is 27.5 Å². The fraction of sp³-hybridized carbons (Fsp3) is 0.200. The van der Waals surface area contributed by atoms with E-state index in [2.05, 4.69) is 15.1 Å². The zero-order valence-corrected chi connectivity index (χ0v) is 16.1. The number of nitrogens with two attached hydrogens (primary N) is 1. The van der Waals surface area contributed by atoms with Crippen LogP contribution in [-0.4, -0.2) is 37.6 Å². The third-order valence-corrected chi connectivity index (χ3v) is 4.87. The monoisotopic (exact) mass is 414 g/mol. The Morgan fingerprint density at radius 2 is 2.00 bits per heavy atom. The SMILES string of the molecule is CN(Cc1ccc(C(F)F)cn1)C(=O)c1cc2c(cc1F)nc(N)c1cnn(C)c12. The summed E-state index contributed by atoms with van der Waals surface area (Å²) in [5.74, 6) is -1.10. The van der Waals surface area contributed by atoms with Gasteiger partial charge in [-0.3, -0.25) is 14.5 Å². The number of nitrogens with zero attached hydrogens (tertiary/aromatic N) is 5. The topological polar surface area (TPSA) is 89.9 Å². The van der Waals surface area contributed by atoms with Crippen LogP contribution in [0.5, 0.6) is 0 Å². The maximum atomic E-state index is 14.7. The molecule has 2 N–H and O–H groups in total. The van der Waals surface area contributed by atoms with Crippen molar-refractivity contribution >= 4 is 33.5 Å². The molecule has 4 rings (SSSR count). The fourth-order valence-corrected chi connectivity index (χ4v) is 3.32. The molecule has 0 aliphatic rings. The molecule has 0 aliphatic carbocycles. The van der Waals surface area contributed by atoms with Crippen molar-refractivity contribution in [3.8, 4) is 0 Å². The first-order valence-electron chi connectivity index (χ1n) is 8.95. The Hall–Kier alpha value is -3.69. The number of halogens is 3. The second-order valence-corrected chi connectivity index (χ2v) is 6.92. The molecule has 0 aliphatic heterocycles. The van der Waals surface area contributed by atoms with Crippen molar-refractivity contribution in [2.45, 2.75) is 13.0 Å². The highest BCUT2D eigenvalue weighted by molar-refractivity contribution is 6.10. The molecule has 1 aromatic carbocycles. The summed E-state index contributed by atoms with van der Waals surface area (Å²) >= 11 is 0. The molecule has 0 saturated carbocycles. The third-order valence-electron chi connectivity index (χ3n) is 4.87. The van der Waals surface area contributed by atoms with Gasteiger partial charge in [0.25, 0.3) is 12.3 Å². The molecule has 0 radical (unpaired) electrons. The van der Waals surface area contributed by atoms with Crippen LogP contribution in [0.15, 0.2) is 36.7 Å². The van der Waals surface area contributed by atoms with Gasteiger partial charge in [-0.25, -0.2) is 18.2 Å². The Labute approximate surface area is 168 Å². The van der Waals surface area contributed by atoms with Gasteiger partial charge in [-0.1, -0.05) is 0 Å². The lowest BCUT2D eigenvalue weighted by Gasteiger charge is -2.18. The summed E-state index contributed by atoms with van der Waals surface area (Å²) in [4.78, 5) is 22.3. The molecule has 154 valence electrons. The van der Waals surface area contributed by atoms with E-state index in [4.69, 9.17) is 5.73 Å². The normalized spacial score (nSPS) is 11.5. The van der Waals surface area contributed by atoms with Gasteiger partial charge in [0.05, 0.1) is 40.4 Å². The van der Waals surface area contributed by atoms with Gasteiger partial charge in [-0.15, -0.1) is 0 Å². The van der Waals surface area contributed by atoms with Gasteiger partial charge in [0, 0.05) is 37.3 Å². The van der Waals surface area contributed by atoms with Crippen LogP contribution in [0.1, 0.15) is 28.0 Å². The summed E-state index contributed by atoms with van der Waals surface area (Å²) in [5.41, 5.74) is 6.92. The highest BCUT2D eigenvalue weighted by atomic mass is 19.3. The number of hydrogen-bond donors (Lipinski definition) is 1. The molecule has 30 heavy (non-hydrogen) atoms. The van der Waals surface area contributed by atoms with Gasteiger partial charge in [-0.2, -0.15) is 5.10 Å². The van der Waals surface area contributed by atoms with Gasteiger partial charge >= 0.3 is 0 Å². The summed E-state index contributed by atoms with van der Waals surface area (Å²) < 4.78 is 41.6. The largest absolute Gasteiger partial charge is 0.383 e. The summed E-state index contributed by atoms with van der Waals surface area (Å²) in [6.07, 6.45) is -0.00321. The van der Waals surface area contributed by atoms with Gasteiger partial charge in [-0.05, 0) is 18.2 Å². The number of carbonyl (C=O) groups excluding carboxylic acids is 1. The number of alkyl halides is 2. The Morgan fingerprint density at radius 1 is 1.23 bits per heavy atom. The van der Waals surface area contributed by atoms with E-state index in [1.807, 2.05) is 0 Å². The summed E-state index contributed by atoms with van der Waals surface area (Å²) in [6.45, 7) is 0.0287. The molecular weight excluding hydrogens is 397 g/mol. The number of benzene rings is 1. The number of hydrogen-bond acceptors (Lipinski definition) is 5. The molecule has 7 nitrogen and oxygen atoms in total. The lowest BCUT2D eigenvalue weighted by molar-refractivity contribution is 0.0778. The number of nitrogen functional groups attached to an aromatic ring is 1. The van der Waals surface area contributed by atoms with E-state index < -0.39 is 18.1 Å². The summed E-state index contributed by atoms with van der Waals surface area (Å²) in [5, 5.41) is 5.30. The summed E-state index contributed by atoms with van der Waals surface area (Å²) in [6, 6.07) is 5.24. The third kappa shape index (κ3) is 3.30. The second kappa shape index (κ2) is 7.29. The number of pyridine rings is 2. The van der Waals surface area contributed by atoms with Crippen molar-refractivity contribution in [2.24, 2.45) is 7.05 Å². The molecule has 3 aromatic heterocycles. The van der Waals surface area contributed by atoms with E-state index >= 15 is 0 Å². The quantitative estimate of drug-likeness (QED) is 0.553. The molecule has 1 amide bonds. The average Bonchev–Trinajstić information content (AvgIpc) is 3.10. The first kappa shape index (κ1) is 19.6. The number of carbonyl (C=O) groups is 1.